The average Bonchev–Trinajstić information content (AvgIpc) is 2.87. The minimum absolute atomic E-state index is 0.0346. The summed E-state index contributed by atoms with van der Waals surface area (Å²) in [6.45, 7) is 2.85. The van der Waals surface area contributed by atoms with Gasteiger partial charge in [-0.15, -0.1) is 0 Å². The standard InChI is InChI=1S/C15H22FNO3/c1-9-5-6-20-15(9)14(17-2)10-7-12(18-3)13(19-4)8-11(10)16/h7-9,14-15,17H,5-6H2,1-4H3. The van der Waals surface area contributed by atoms with Crippen LogP contribution < -0.4 is 14.8 Å². The first-order chi connectivity index (χ1) is 9.62. The zero-order valence-electron chi connectivity index (χ0n) is 12.4. The van der Waals surface area contributed by atoms with Gasteiger partial charge in [-0.25, -0.2) is 4.39 Å². The van der Waals surface area contributed by atoms with Crippen LogP contribution in [0.3, 0.4) is 0 Å². The number of hydrogen-bond acceptors (Lipinski definition) is 4. The molecule has 0 spiro atoms. The van der Waals surface area contributed by atoms with Crippen LogP contribution in [0.4, 0.5) is 4.39 Å². The molecule has 112 valence electrons. The SMILES string of the molecule is CNC(c1cc(OC)c(OC)cc1F)C1OCCC1C. The number of methoxy groups -OCH3 is 2. The van der Waals surface area contributed by atoms with Crippen molar-refractivity contribution in [2.75, 3.05) is 27.9 Å². The van der Waals surface area contributed by atoms with Crippen LogP contribution in [0.15, 0.2) is 12.1 Å². The summed E-state index contributed by atoms with van der Waals surface area (Å²) in [5, 5.41) is 3.16. The Morgan fingerprint density at radius 1 is 1.30 bits per heavy atom. The first-order valence-corrected chi connectivity index (χ1v) is 6.82. The molecule has 4 nitrogen and oxygen atoms in total. The number of likely N-dealkylation sites (N-methyl/N-ethyl adjacent to an activating group) is 1. The van der Waals surface area contributed by atoms with Crippen molar-refractivity contribution in [1.82, 2.24) is 5.32 Å². The van der Waals surface area contributed by atoms with Gasteiger partial charge < -0.3 is 19.5 Å². The Bertz CT molecular complexity index is 467. The number of nitrogens with one attached hydrogen (secondary N) is 1. The zero-order valence-corrected chi connectivity index (χ0v) is 12.4. The zero-order chi connectivity index (χ0) is 14.7. The molecule has 1 saturated heterocycles. The van der Waals surface area contributed by atoms with Gasteiger partial charge in [-0.2, -0.15) is 0 Å². The molecule has 0 saturated carbocycles. The maximum Gasteiger partial charge on any atom is 0.163 e. The van der Waals surface area contributed by atoms with Gasteiger partial charge in [-0.05, 0) is 25.5 Å². The summed E-state index contributed by atoms with van der Waals surface area (Å²) in [4.78, 5) is 0. The van der Waals surface area contributed by atoms with Crippen molar-refractivity contribution in [3.8, 4) is 11.5 Å². The molecule has 0 aliphatic carbocycles. The first-order valence-electron chi connectivity index (χ1n) is 6.82. The van der Waals surface area contributed by atoms with Gasteiger partial charge in [0.1, 0.15) is 5.82 Å². The number of ether oxygens (including phenoxy) is 3. The van der Waals surface area contributed by atoms with Crippen molar-refractivity contribution in [2.24, 2.45) is 5.92 Å². The number of halogens is 1. The quantitative estimate of drug-likeness (QED) is 0.901. The maximum atomic E-state index is 14.3. The third kappa shape index (κ3) is 2.74. The number of benzene rings is 1. The van der Waals surface area contributed by atoms with Crippen LogP contribution in [-0.4, -0.2) is 34.0 Å². The second kappa shape index (κ2) is 6.41. The molecule has 1 aromatic rings. The fraction of sp³-hybridized carbons (Fsp3) is 0.600. The Balaban J connectivity index is 2.38. The highest BCUT2D eigenvalue weighted by atomic mass is 19.1. The van der Waals surface area contributed by atoms with Crippen LogP contribution in [0.1, 0.15) is 24.9 Å². The lowest BCUT2D eigenvalue weighted by Crippen LogP contribution is -2.33. The Hall–Kier alpha value is -1.33. The van der Waals surface area contributed by atoms with E-state index in [-0.39, 0.29) is 18.0 Å². The molecule has 3 unspecified atom stereocenters. The van der Waals surface area contributed by atoms with Gasteiger partial charge >= 0.3 is 0 Å². The third-order valence-electron chi connectivity index (χ3n) is 3.92. The van der Waals surface area contributed by atoms with E-state index in [1.807, 2.05) is 7.05 Å². The Morgan fingerprint density at radius 3 is 2.45 bits per heavy atom. The number of hydrogen-bond donors (Lipinski definition) is 1. The average molecular weight is 283 g/mol. The highest BCUT2D eigenvalue weighted by Crippen LogP contribution is 2.37. The lowest BCUT2D eigenvalue weighted by molar-refractivity contribution is 0.0619. The van der Waals surface area contributed by atoms with Crippen molar-refractivity contribution in [1.29, 1.82) is 0 Å². The van der Waals surface area contributed by atoms with Gasteiger partial charge in [-0.3, -0.25) is 0 Å². The summed E-state index contributed by atoms with van der Waals surface area (Å²) in [6.07, 6.45) is 0.963. The monoisotopic (exact) mass is 283 g/mol. The molecule has 3 atom stereocenters. The smallest absolute Gasteiger partial charge is 0.163 e. The maximum absolute atomic E-state index is 14.3. The molecule has 1 heterocycles. The fourth-order valence-electron chi connectivity index (χ4n) is 2.75. The molecule has 5 heteroatoms. The molecular weight excluding hydrogens is 261 g/mol. The van der Waals surface area contributed by atoms with E-state index >= 15 is 0 Å². The van der Waals surface area contributed by atoms with Crippen LogP contribution >= 0.6 is 0 Å². The van der Waals surface area contributed by atoms with Crippen LogP contribution in [0.25, 0.3) is 0 Å². The van der Waals surface area contributed by atoms with Gasteiger partial charge in [0, 0.05) is 18.2 Å². The Kier molecular flexibility index (Phi) is 4.83. The summed E-state index contributed by atoms with van der Waals surface area (Å²) in [7, 11) is 4.85. The molecule has 0 aromatic heterocycles. The molecule has 1 aliphatic heterocycles. The van der Waals surface area contributed by atoms with Crippen molar-refractivity contribution >= 4 is 0 Å². The molecule has 0 radical (unpaired) electrons. The predicted octanol–water partition coefficient (Wildman–Crippen LogP) is 2.53. The van der Waals surface area contributed by atoms with E-state index in [1.165, 1.54) is 13.2 Å². The van der Waals surface area contributed by atoms with Crippen molar-refractivity contribution in [3.63, 3.8) is 0 Å². The number of rotatable bonds is 5. The van der Waals surface area contributed by atoms with Gasteiger partial charge in [0.15, 0.2) is 11.5 Å². The summed E-state index contributed by atoms with van der Waals surface area (Å²) >= 11 is 0. The van der Waals surface area contributed by atoms with Crippen LogP contribution in [0.2, 0.25) is 0 Å². The summed E-state index contributed by atoms with van der Waals surface area (Å²) < 4.78 is 30.5. The normalized spacial score (nSPS) is 23.6. The summed E-state index contributed by atoms with van der Waals surface area (Å²) in [5.74, 6) is 0.989. The van der Waals surface area contributed by atoms with E-state index in [0.29, 0.717) is 23.0 Å². The summed E-state index contributed by atoms with van der Waals surface area (Å²) in [5.41, 5.74) is 0.545. The third-order valence-corrected chi connectivity index (χ3v) is 3.92. The molecule has 0 amide bonds. The lowest BCUT2D eigenvalue weighted by atomic mass is 9.92. The van der Waals surface area contributed by atoms with Gasteiger partial charge in [0.2, 0.25) is 0 Å². The molecule has 20 heavy (non-hydrogen) atoms. The molecular formula is C15H22FNO3. The lowest BCUT2D eigenvalue weighted by Gasteiger charge is -2.27. The highest BCUT2D eigenvalue weighted by Gasteiger charge is 2.34. The van der Waals surface area contributed by atoms with Gasteiger partial charge in [-0.1, -0.05) is 6.92 Å². The van der Waals surface area contributed by atoms with E-state index in [0.717, 1.165) is 13.0 Å². The first kappa shape index (κ1) is 15.1. The Morgan fingerprint density at radius 2 is 1.95 bits per heavy atom. The minimum Gasteiger partial charge on any atom is -0.493 e. The second-order valence-corrected chi connectivity index (χ2v) is 5.10. The molecule has 0 bridgehead atoms. The van der Waals surface area contributed by atoms with Gasteiger partial charge in [0.05, 0.1) is 26.4 Å². The molecule has 1 N–H and O–H groups in total. The van der Waals surface area contributed by atoms with E-state index in [9.17, 15) is 4.39 Å². The predicted molar refractivity (Wildman–Crippen MR) is 74.8 cm³/mol. The van der Waals surface area contributed by atoms with E-state index in [2.05, 4.69) is 12.2 Å². The summed E-state index contributed by atoms with van der Waals surface area (Å²) in [6, 6.07) is 2.84. The minimum atomic E-state index is -0.315. The van der Waals surface area contributed by atoms with Crippen molar-refractivity contribution in [3.05, 3.63) is 23.5 Å². The highest BCUT2D eigenvalue weighted by molar-refractivity contribution is 5.45. The van der Waals surface area contributed by atoms with Crippen LogP contribution in [-0.2, 0) is 4.74 Å². The second-order valence-electron chi connectivity index (χ2n) is 5.10. The Labute approximate surface area is 119 Å². The van der Waals surface area contributed by atoms with Crippen LogP contribution in [0.5, 0.6) is 11.5 Å². The van der Waals surface area contributed by atoms with Gasteiger partial charge in [0.25, 0.3) is 0 Å². The van der Waals surface area contributed by atoms with Crippen molar-refractivity contribution < 1.29 is 18.6 Å². The molecule has 1 aromatic carbocycles. The van der Waals surface area contributed by atoms with Crippen LogP contribution in [0, 0.1) is 11.7 Å². The molecule has 1 fully saturated rings. The fourth-order valence-corrected chi connectivity index (χ4v) is 2.75. The van der Waals surface area contributed by atoms with Crippen molar-refractivity contribution in [2.45, 2.75) is 25.5 Å². The topological polar surface area (TPSA) is 39.7 Å². The van der Waals surface area contributed by atoms with E-state index in [4.69, 9.17) is 14.2 Å². The molecule has 1 aliphatic rings. The van der Waals surface area contributed by atoms with E-state index < -0.39 is 0 Å². The largest absolute Gasteiger partial charge is 0.493 e. The van der Waals surface area contributed by atoms with E-state index in [1.54, 1.807) is 13.2 Å². The molecule has 2 rings (SSSR count).